The minimum Gasteiger partial charge on any atom is -0.493 e. The summed E-state index contributed by atoms with van der Waals surface area (Å²) in [6.07, 6.45) is 1.43. The van der Waals surface area contributed by atoms with Gasteiger partial charge in [0, 0.05) is 0 Å². The van der Waals surface area contributed by atoms with Crippen LogP contribution in [0.5, 0.6) is 11.5 Å². The molecular weight excluding hydrogens is 372 g/mol. The normalized spacial score (nSPS) is 11.7. The Balaban J connectivity index is 1.74. The second-order valence-electron chi connectivity index (χ2n) is 5.00. The first-order chi connectivity index (χ1) is 13.1. The fourth-order valence-corrected chi connectivity index (χ4v) is 2.57. The molecule has 0 amide bonds. The highest BCUT2D eigenvalue weighted by molar-refractivity contribution is 7.12. The number of nitrogens with zero attached hydrogens (tertiary/aromatic N) is 4. The number of hydrogen-bond acceptors (Lipinski definition) is 10. The fourth-order valence-electron chi connectivity index (χ4n) is 1.97. The van der Waals surface area contributed by atoms with Gasteiger partial charge in [0.1, 0.15) is 4.88 Å². The maximum absolute atomic E-state index is 12.1. The van der Waals surface area contributed by atoms with Gasteiger partial charge < -0.3 is 20.9 Å². The molecule has 2 aromatic heterocycles. The molecule has 0 saturated carbocycles. The Morgan fingerprint density at radius 3 is 2.81 bits per heavy atom. The molecule has 0 spiro atoms. The molecule has 10 nitrogen and oxygen atoms in total. The summed E-state index contributed by atoms with van der Waals surface area (Å²) in [6.45, 7) is 0. The number of carbonyl (C=O) groups is 1. The highest BCUT2D eigenvalue weighted by atomic mass is 32.1. The van der Waals surface area contributed by atoms with Gasteiger partial charge in [-0.15, -0.1) is 16.4 Å². The molecule has 11 heteroatoms. The molecule has 27 heavy (non-hydrogen) atoms. The molecule has 0 fully saturated rings. The first-order valence-corrected chi connectivity index (χ1v) is 8.35. The smallest absolute Gasteiger partial charge is 0.353 e. The van der Waals surface area contributed by atoms with Gasteiger partial charge in [0.25, 0.3) is 0 Å². The maximum atomic E-state index is 12.1. The van der Waals surface area contributed by atoms with Crippen LogP contribution in [0.3, 0.4) is 0 Å². The van der Waals surface area contributed by atoms with E-state index >= 15 is 0 Å². The van der Waals surface area contributed by atoms with Crippen molar-refractivity contribution in [3.05, 3.63) is 51.8 Å². The van der Waals surface area contributed by atoms with Crippen LogP contribution in [0.15, 0.2) is 50.5 Å². The number of esters is 1. The molecule has 0 bridgehead atoms. The molecule has 0 atom stereocenters. The molecule has 0 aliphatic heterocycles. The van der Waals surface area contributed by atoms with Crippen LogP contribution >= 0.6 is 11.3 Å². The molecule has 0 saturated heterocycles. The standard InChI is InChI=1S/C16H14N6O4S/c1-24-11-7-9(8-19-20-14(17)13-15(18)22-26-21-13)4-5-10(11)25-16(23)12-3-2-6-27-12/h2-8H,1H3,(H2,17,20)(H2,18,22)/b19-8+. The van der Waals surface area contributed by atoms with E-state index in [1.165, 1.54) is 24.7 Å². The topological polar surface area (TPSA) is 151 Å². The van der Waals surface area contributed by atoms with E-state index < -0.39 is 5.97 Å². The quantitative estimate of drug-likeness (QED) is 0.213. The number of benzene rings is 1. The van der Waals surface area contributed by atoms with E-state index in [1.54, 1.807) is 35.7 Å². The number of thiophene rings is 1. The molecule has 3 rings (SSSR count). The number of methoxy groups -OCH3 is 1. The third-order valence-electron chi connectivity index (χ3n) is 3.24. The summed E-state index contributed by atoms with van der Waals surface area (Å²) in [5.74, 6) is 0.174. The lowest BCUT2D eigenvalue weighted by Crippen LogP contribution is -2.15. The Bertz CT molecular complexity index is 996. The summed E-state index contributed by atoms with van der Waals surface area (Å²) < 4.78 is 15.1. The molecule has 4 N–H and O–H groups in total. The van der Waals surface area contributed by atoms with Gasteiger partial charge in [-0.3, -0.25) is 0 Å². The highest BCUT2D eigenvalue weighted by Gasteiger charge is 2.13. The van der Waals surface area contributed by atoms with E-state index in [9.17, 15) is 4.79 Å². The van der Waals surface area contributed by atoms with E-state index in [1.807, 2.05) is 0 Å². The van der Waals surface area contributed by atoms with Crippen molar-refractivity contribution in [3.8, 4) is 11.5 Å². The Labute approximate surface area is 157 Å². The molecule has 2 heterocycles. The van der Waals surface area contributed by atoms with Crippen LogP contribution in [0.1, 0.15) is 20.9 Å². The van der Waals surface area contributed by atoms with Gasteiger partial charge in [-0.25, -0.2) is 9.42 Å². The number of ether oxygens (including phenoxy) is 2. The Morgan fingerprint density at radius 1 is 1.30 bits per heavy atom. The molecule has 0 unspecified atom stereocenters. The van der Waals surface area contributed by atoms with E-state index in [0.717, 1.165) is 0 Å². The Kier molecular flexibility index (Phi) is 5.42. The predicted molar refractivity (Wildman–Crippen MR) is 99.3 cm³/mol. The minimum atomic E-state index is -0.457. The molecule has 0 radical (unpaired) electrons. The molecule has 0 aliphatic rings. The van der Waals surface area contributed by atoms with E-state index in [0.29, 0.717) is 16.2 Å². The van der Waals surface area contributed by atoms with Gasteiger partial charge in [-0.05, 0) is 45.5 Å². The number of aromatic nitrogens is 2. The van der Waals surface area contributed by atoms with Crippen LogP contribution in [0.4, 0.5) is 5.82 Å². The van der Waals surface area contributed by atoms with Gasteiger partial charge >= 0.3 is 5.97 Å². The van der Waals surface area contributed by atoms with Crippen LogP contribution in [0.25, 0.3) is 0 Å². The fraction of sp³-hybridized carbons (Fsp3) is 0.0625. The first-order valence-electron chi connectivity index (χ1n) is 7.47. The maximum Gasteiger partial charge on any atom is 0.353 e. The lowest BCUT2D eigenvalue weighted by atomic mass is 10.2. The van der Waals surface area contributed by atoms with E-state index in [-0.39, 0.29) is 23.1 Å². The molecule has 138 valence electrons. The van der Waals surface area contributed by atoms with Crippen LogP contribution in [-0.2, 0) is 0 Å². The van der Waals surface area contributed by atoms with Crippen molar-refractivity contribution in [1.82, 2.24) is 10.3 Å². The van der Waals surface area contributed by atoms with E-state index in [4.69, 9.17) is 20.9 Å². The van der Waals surface area contributed by atoms with Gasteiger partial charge in [-0.1, -0.05) is 6.07 Å². The second kappa shape index (κ2) is 8.10. The number of rotatable bonds is 6. The predicted octanol–water partition coefficient (Wildman–Crippen LogP) is 1.68. The van der Waals surface area contributed by atoms with Gasteiger partial charge in [0.15, 0.2) is 28.8 Å². The summed E-state index contributed by atoms with van der Waals surface area (Å²) >= 11 is 1.29. The monoisotopic (exact) mass is 386 g/mol. The summed E-state index contributed by atoms with van der Waals surface area (Å²) in [4.78, 5) is 12.6. The van der Waals surface area contributed by atoms with Crippen molar-refractivity contribution in [2.75, 3.05) is 12.8 Å². The Morgan fingerprint density at radius 2 is 2.15 bits per heavy atom. The number of amidine groups is 1. The van der Waals surface area contributed by atoms with Gasteiger partial charge in [-0.2, -0.15) is 5.10 Å². The zero-order valence-electron chi connectivity index (χ0n) is 14.0. The third kappa shape index (κ3) is 4.27. The summed E-state index contributed by atoms with van der Waals surface area (Å²) in [7, 11) is 1.47. The zero-order valence-corrected chi connectivity index (χ0v) is 14.8. The van der Waals surface area contributed by atoms with Crippen molar-refractivity contribution in [1.29, 1.82) is 0 Å². The molecular formula is C16H14N6O4S. The SMILES string of the molecule is COc1cc(/C=N/N=C(\N)c2nonc2N)ccc1OC(=O)c1cccs1. The van der Waals surface area contributed by atoms with Crippen molar-refractivity contribution < 1.29 is 18.9 Å². The minimum absolute atomic E-state index is 0.0185. The summed E-state index contributed by atoms with van der Waals surface area (Å²) in [5, 5.41) is 16.4. The average molecular weight is 386 g/mol. The third-order valence-corrected chi connectivity index (χ3v) is 4.09. The summed E-state index contributed by atoms with van der Waals surface area (Å²) in [5.41, 5.74) is 12.0. The molecule has 3 aromatic rings. The van der Waals surface area contributed by atoms with Crippen LogP contribution in [0.2, 0.25) is 0 Å². The van der Waals surface area contributed by atoms with Crippen molar-refractivity contribution in [2.45, 2.75) is 0 Å². The zero-order chi connectivity index (χ0) is 19.2. The second-order valence-corrected chi connectivity index (χ2v) is 5.95. The largest absolute Gasteiger partial charge is 0.493 e. The van der Waals surface area contributed by atoms with Crippen LogP contribution < -0.4 is 20.9 Å². The highest BCUT2D eigenvalue weighted by Crippen LogP contribution is 2.28. The Hall–Kier alpha value is -3.73. The van der Waals surface area contributed by atoms with Crippen molar-refractivity contribution >= 4 is 35.2 Å². The lowest BCUT2D eigenvalue weighted by Gasteiger charge is -2.09. The van der Waals surface area contributed by atoms with Crippen LogP contribution in [0, 0.1) is 0 Å². The molecule has 0 aliphatic carbocycles. The number of nitrogens with two attached hydrogens (primary N) is 2. The number of hydrogen-bond donors (Lipinski definition) is 2. The average Bonchev–Trinajstić information content (AvgIpc) is 3.34. The lowest BCUT2D eigenvalue weighted by molar-refractivity contribution is 0.0735. The van der Waals surface area contributed by atoms with Gasteiger partial charge in [0.2, 0.25) is 0 Å². The summed E-state index contributed by atoms with van der Waals surface area (Å²) in [6, 6.07) is 8.37. The molecule has 1 aromatic carbocycles. The van der Waals surface area contributed by atoms with Gasteiger partial charge in [0.05, 0.1) is 13.3 Å². The number of carbonyl (C=O) groups excluding carboxylic acids is 1. The first kappa shape index (κ1) is 18.1. The van der Waals surface area contributed by atoms with E-state index in [2.05, 4.69) is 25.1 Å². The number of nitrogen functional groups attached to an aromatic ring is 1. The van der Waals surface area contributed by atoms with Crippen molar-refractivity contribution in [2.24, 2.45) is 15.9 Å². The number of anilines is 1. The van der Waals surface area contributed by atoms with Crippen LogP contribution in [-0.4, -0.2) is 35.4 Å². The van der Waals surface area contributed by atoms with Crippen molar-refractivity contribution in [3.63, 3.8) is 0 Å².